The number of rotatable bonds is 11. The number of hydrogen-bond acceptors (Lipinski definition) is 0. The lowest BCUT2D eigenvalue weighted by atomic mass is 9.82. The van der Waals surface area contributed by atoms with E-state index in [1.807, 2.05) is 27.7 Å². The van der Waals surface area contributed by atoms with E-state index in [0.29, 0.717) is 5.92 Å². The van der Waals surface area contributed by atoms with Gasteiger partial charge in [0, 0.05) is 0 Å². The van der Waals surface area contributed by atoms with E-state index in [4.69, 9.17) is 0 Å². The maximum absolute atomic E-state index is 2.49. The van der Waals surface area contributed by atoms with Crippen LogP contribution in [0.25, 0.3) is 12.2 Å². The van der Waals surface area contributed by atoms with Gasteiger partial charge >= 0.3 is 0 Å². The molecule has 0 fully saturated rings. The molecule has 0 N–H and O–H groups in total. The monoisotopic (exact) mass is 472 g/mol. The maximum atomic E-state index is 2.49. The lowest BCUT2D eigenvalue weighted by Gasteiger charge is -2.24. The molecular weight excluding hydrogens is 420 g/mol. The van der Waals surface area contributed by atoms with Crippen LogP contribution in [0.1, 0.15) is 110 Å². The Labute approximate surface area is 218 Å². The summed E-state index contributed by atoms with van der Waals surface area (Å²) in [6.07, 6.45) is 17.9. The Morgan fingerprint density at radius 3 is 1.97 bits per heavy atom. The minimum atomic E-state index is 0.588. The van der Waals surface area contributed by atoms with Gasteiger partial charge in [0.05, 0.1) is 0 Å². The number of benzene rings is 2. The Kier molecular flexibility index (Phi) is 15.8. The van der Waals surface area contributed by atoms with Crippen LogP contribution < -0.4 is 0 Å². The van der Waals surface area contributed by atoms with Crippen molar-refractivity contribution in [2.24, 2.45) is 11.8 Å². The molecule has 2 atom stereocenters. The zero-order valence-corrected chi connectivity index (χ0v) is 24.0. The van der Waals surface area contributed by atoms with Crippen LogP contribution >= 0.6 is 0 Å². The van der Waals surface area contributed by atoms with Gasteiger partial charge in [-0.15, -0.1) is 0 Å². The third kappa shape index (κ3) is 10.0. The van der Waals surface area contributed by atoms with Gasteiger partial charge in [-0.3, -0.25) is 0 Å². The van der Waals surface area contributed by atoms with Crippen LogP contribution in [0.3, 0.4) is 0 Å². The Morgan fingerprint density at radius 2 is 1.46 bits per heavy atom. The second kappa shape index (κ2) is 18.0. The maximum Gasteiger partial charge on any atom is -0.0191 e. The molecule has 0 radical (unpaired) electrons. The first kappa shape index (κ1) is 30.7. The molecular formula is C35H52. The summed E-state index contributed by atoms with van der Waals surface area (Å²) in [5, 5.41) is 0. The molecule has 0 heterocycles. The molecule has 0 nitrogen and oxygen atoms in total. The fraction of sp³-hybridized carbons (Fsp3) is 0.486. The standard InChI is InChI=1S/C31H40.2C2H6/c1-5-12-27(17-11-18-28-20-19-24(28)3)25(4)23-31-16-10-9-15-30(31)22-21-29-14-8-7-13-26(29)6-2;2*1-2/h7-10,12-16,20-22,24-25H,5-6,11,17-19,23H2,1-4H3;2*1-2H3/b22-21-,27-12+;;. The van der Waals surface area contributed by atoms with Crippen LogP contribution in [0.4, 0.5) is 0 Å². The molecule has 0 bridgehead atoms. The van der Waals surface area contributed by atoms with Gasteiger partial charge in [0.1, 0.15) is 0 Å². The van der Waals surface area contributed by atoms with Crippen molar-refractivity contribution in [2.45, 2.75) is 100 Å². The summed E-state index contributed by atoms with van der Waals surface area (Å²) in [6.45, 7) is 17.3. The lowest BCUT2D eigenvalue weighted by molar-refractivity contribution is 0.559. The average Bonchev–Trinajstić information content (AvgIpc) is 2.91. The SMILES string of the molecule is CC.CC.CC/C=C(\CCCC1=CCC1C)C(C)Cc1ccccc1/C=C\c1ccccc1CC. The molecule has 0 spiro atoms. The number of hydrogen-bond donors (Lipinski definition) is 0. The first-order chi connectivity index (χ1) is 17.1. The Balaban J connectivity index is 0.00000145. The topological polar surface area (TPSA) is 0 Å². The predicted molar refractivity (Wildman–Crippen MR) is 161 cm³/mol. The van der Waals surface area contributed by atoms with E-state index in [9.17, 15) is 0 Å². The second-order valence-electron chi connectivity index (χ2n) is 9.15. The van der Waals surface area contributed by atoms with Gasteiger partial charge in [-0.05, 0) is 79.0 Å². The Bertz CT molecular complexity index is 925. The molecule has 0 saturated heterocycles. The minimum absolute atomic E-state index is 0.588. The lowest BCUT2D eigenvalue weighted by Crippen LogP contribution is -2.09. The van der Waals surface area contributed by atoms with Gasteiger partial charge in [-0.25, -0.2) is 0 Å². The molecule has 192 valence electrons. The highest BCUT2D eigenvalue weighted by Crippen LogP contribution is 2.32. The summed E-state index contributed by atoms with van der Waals surface area (Å²) in [5.41, 5.74) is 8.88. The third-order valence-corrected chi connectivity index (χ3v) is 6.86. The van der Waals surface area contributed by atoms with Crippen LogP contribution in [-0.4, -0.2) is 0 Å². The summed E-state index contributed by atoms with van der Waals surface area (Å²) in [5.74, 6) is 1.41. The van der Waals surface area contributed by atoms with Crippen molar-refractivity contribution in [3.05, 3.63) is 94.1 Å². The molecule has 0 amide bonds. The van der Waals surface area contributed by atoms with Crippen molar-refractivity contribution in [1.82, 2.24) is 0 Å². The Hall–Kier alpha value is -2.34. The Morgan fingerprint density at radius 1 is 0.886 bits per heavy atom. The molecule has 2 aromatic rings. The van der Waals surface area contributed by atoms with Gasteiger partial charge in [0.15, 0.2) is 0 Å². The smallest absolute Gasteiger partial charge is 0.0191 e. The normalized spacial score (nSPS) is 15.8. The zero-order valence-electron chi connectivity index (χ0n) is 24.0. The van der Waals surface area contributed by atoms with Gasteiger partial charge < -0.3 is 0 Å². The molecule has 0 saturated carbocycles. The summed E-state index contributed by atoms with van der Waals surface area (Å²) in [7, 11) is 0. The third-order valence-electron chi connectivity index (χ3n) is 6.86. The fourth-order valence-corrected chi connectivity index (χ4v) is 4.72. The quantitative estimate of drug-likeness (QED) is 0.225. The van der Waals surface area contributed by atoms with Crippen LogP contribution in [0.15, 0.2) is 71.8 Å². The fourth-order valence-electron chi connectivity index (χ4n) is 4.72. The predicted octanol–water partition coefficient (Wildman–Crippen LogP) is 11.1. The van der Waals surface area contributed by atoms with Crippen molar-refractivity contribution >= 4 is 12.2 Å². The molecule has 1 aliphatic rings. The van der Waals surface area contributed by atoms with Crippen molar-refractivity contribution < 1.29 is 0 Å². The summed E-state index contributed by atoms with van der Waals surface area (Å²) >= 11 is 0. The van der Waals surface area contributed by atoms with E-state index in [0.717, 1.165) is 25.2 Å². The largest absolute Gasteiger partial charge is 0.0853 e. The van der Waals surface area contributed by atoms with Crippen molar-refractivity contribution in [2.75, 3.05) is 0 Å². The summed E-state index contributed by atoms with van der Waals surface area (Å²) in [4.78, 5) is 0. The molecule has 0 aliphatic heterocycles. The van der Waals surface area contributed by atoms with Crippen LogP contribution in [0.2, 0.25) is 0 Å². The van der Waals surface area contributed by atoms with Gasteiger partial charge in [-0.2, -0.15) is 0 Å². The van der Waals surface area contributed by atoms with Crippen LogP contribution in [0.5, 0.6) is 0 Å². The molecule has 0 heteroatoms. The van der Waals surface area contributed by atoms with Crippen LogP contribution in [-0.2, 0) is 12.8 Å². The van der Waals surface area contributed by atoms with E-state index >= 15 is 0 Å². The first-order valence-corrected chi connectivity index (χ1v) is 14.3. The molecule has 35 heavy (non-hydrogen) atoms. The average molecular weight is 473 g/mol. The molecule has 2 aromatic carbocycles. The highest BCUT2D eigenvalue weighted by atomic mass is 14.2. The van der Waals surface area contributed by atoms with Crippen molar-refractivity contribution in [3.8, 4) is 0 Å². The van der Waals surface area contributed by atoms with Crippen LogP contribution in [0, 0.1) is 11.8 Å². The number of allylic oxidation sites excluding steroid dienone is 4. The van der Waals surface area contributed by atoms with E-state index < -0.39 is 0 Å². The minimum Gasteiger partial charge on any atom is -0.0853 e. The number of aryl methyl sites for hydroxylation is 1. The zero-order chi connectivity index (χ0) is 26.1. The molecule has 0 aromatic heterocycles. The van der Waals surface area contributed by atoms with Crippen molar-refractivity contribution in [1.29, 1.82) is 0 Å². The highest BCUT2D eigenvalue weighted by molar-refractivity contribution is 5.72. The highest BCUT2D eigenvalue weighted by Gasteiger charge is 2.16. The molecule has 1 aliphatic carbocycles. The molecule has 3 rings (SSSR count). The van der Waals surface area contributed by atoms with E-state index in [2.05, 4.69) is 101 Å². The van der Waals surface area contributed by atoms with Gasteiger partial charge in [-0.1, -0.05) is 139 Å². The second-order valence-corrected chi connectivity index (χ2v) is 9.15. The van der Waals surface area contributed by atoms with E-state index in [-0.39, 0.29) is 0 Å². The summed E-state index contributed by atoms with van der Waals surface area (Å²) in [6, 6.07) is 17.7. The van der Waals surface area contributed by atoms with Gasteiger partial charge in [0.25, 0.3) is 0 Å². The first-order valence-electron chi connectivity index (χ1n) is 14.3. The van der Waals surface area contributed by atoms with E-state index in [1.54, 1.807) is 11.1 Å². The van der Waals surface area contributed by atoms with E-state index in [1.165, 1.54) is 47.9 Å². The van der Waals surface area contributed by atoms with Crippen molar-refractivity contribution in [3.63, 3.8) is 0 Å². The molecule has 2 unspecified atom stereocenters. The summed E-state index contributed by atoms with van der Waals surface area (Å²) < 4.78 is 0. The van der Waals surface area contributed by atoms with Gasteiger partial charge in [0.2, 0.25) is 0 Å².